The van der Waals surface area contributed by atoms with Crippen molar-refractivity contribution in [2.75, 3.05) is 0 Å². The van der Waals surface area contributed by atoms with Gasteiger partial charge in [-0.2, -0.15) is 0 Å². The number of benzene rings is 2. The van der Waals surface area contributed by atoms with Gasteiger partial charge in [0.2, 0.25) is 0 Å². The van der Waals surface area contributed by atoms with Gasteiger partial charge in [-0.3, -0.25) is 0 Å². The van der Waals surface area contributed by atoms with Crippen molar-refractivity contribution in [1.29, 1.82) is 0 Å². The van der Waals surface area contributed by atoms with E-state index in [1.807, 2.05) is 12.1 Å². The molecular weight excluding hydrogens is 484 g/mol. The molecule has 2 aromatic rings. The first-order valence-corrected chi connectivity index (χ1v) is 17.4. The number of hydrogen-bond donors (Lipinski definition) is 1. The van der Waals surface area contributed by atoms with Crippen molar-refractivity contribution in [3.63, 3.8) is 0 Å². The van der Waals surface area contributed by atoms with Crippen LogP contribution >= 0.6 is 0 Å². The van der Waals surface area contributed by atoms with Gasteiger partial charge >= 0.3 is 0 Å². The highest BCUT2D eigenvalue weighted by atomic mass is 16.3. The molecule has 0 saturated carbocycles. The zero-order valence-corrected chi connectivity index (χ0v) is 27.0. The number of rotatable bonds is 24. The van der Waals surface area contributed by atoms with Crippen molar-refractivity contribution in [3.8, 4) is 5.75 Å². The third-order valence-electron chi connectivity index (χ3n) is 9.10. The topological polar surface area (TPSA) is 20.2 Å². The van der Waals surface area contributed by atoms with Crippen LogP contribution < -0.4 is 0 Å². The van der Waals surface area contributed by atoms with E-state index in [4.69, 9.17) is 0 Å². The average molecular weight is 549 g/mol. The van der Waals surface area contributed by atoms with Crippen molar-refractivity contribution in [3.05, 3.63) is 64.7 Å². The van der Waals surface area contributed by atoms with Gasteiger partial charge in [-0.25, -0.2) is 0 Å². The van der Waals surface area contributed by atoms with Crippen molar-refractivity contribution in [2.24, 2.45) is 0 Å². The largest absolute Gasteiger partial charge is 0.508 e. The molecule has 0 atom stereocenters. The molecule has 0 fully saturated rings. The maximum absolute atomic E-state index is 10.7. The number of unbranched alkanes of at least 4 members (excludes halogenated alkanes) is 18. The standard InChI is InChI=1S/C39H64O/c1-5-7-9-11-13-15-17-19-21-23-28-34-29-27-32-36(39(3,4)37-31-25-26-33-38(37)40)35(34)30-24-22-20-18-16-14-12-10-8-6-2/h25-27,29,31-33,40H,5-24,28,30H2,1-4H3. The lowest BCUT2D eigenvalue weighted by atomic mass is 9.73. The van der Waals surface area contributed by atoms with E-state index in [-0.39, 0.29) is 5.41 Å². The lowest BCUT2D eigenvalue weighted by molar-refractivity contribution is 0.452. The summed E-state index contributed by atoms with van der Waals surface area (Å²) in [4.78, 5) is 0. The molecule has 0 aromatic heterocycles. The molecule has 0 radical (unpaired) electrons. The van der Waals surface area contributed by atoms with Crippen LogP contribution in [0, 0.1) is 0 Å². The molecule has 0 amide bonds. The summed E-state index contributed by atoms with van der Waals surface area (Å²) in [5.74, 6) is 0.414. The molecule has 0 aliphatic heterocycles. The molecule has 0 aliphatic carbocycles. The van der Waals surface area contributed by atoms with E-state index in [9.17, 15) is 5.11 Å². The van der Waals surface area contributed by atoms with Gasteiger partial charge in [0.05, 0.1) is 0 Å². The number of para-hydroxylation sites is 1. The van der Waals surface area contributed by atoms with Gasteiger partial charge in [-0.05, 0) is 48.4 Å². The summed E-state index contributed by atoms with van der Waals surface area (Å²) in [6, 6.07) is 14.9. The zero-order valence-electron chi connectivity index (χ0n) is 27.0. The van der Waals surface area contributed by atoms with Crippen LogP contribution in [0.2, 0.25) is 0 Å². The summed E-state index contributed by atoms with van der Waals surface area (Å²) >= 11 is 0. The molecule has 226 valence electrons. The third kappa shape index (κ3) is 12.8. The maximum atomic E-state index is 10.7. The average Bonchev–Trinajstić information content (AvgIpc) is 2.95. The first kappa shape index (κ1) is 34.4. The van der Waals surface area contributed by atoms with Gasteiger partial charge in [-0.15, -0.1) is 0 Å². The number of aryl methyl sites for hydroxylation is 1. The lowest BCUT2D eigenvalue weighted by Gasteiger charge is -2.30. The molecule has 40 heavy (non-hydrogen) atoms. The van der Waals surface area contributed by atoms with Crippen molar-refractivity contribution < 1.29 is 5.11 Å². The summed E-state index contributed by atoms with van der Waals surface area (Å²) in [6.45, 7) is 9.18. The Morgan fingerprint density at radius 2 is 0.900 bits per heavy atom. The van der Waals surface area contributed by atoms with Crippen LogP contribution in [0.3, 0.4) is 0 Å². The Morgan fingerprint density at radius 3 is 1.40 bits per heavy atom. The van der Waals surface area contributed by atoms with E-state index in [0.29, 0.717) is 5.75 Å². The first-order valence-electron chi connectivity index (χ1n) is 17.4. The molecule has 1 N–H and O–H groups in total. The molecular formula is C39H64O. The summed E-state index contributed by atoms with van der Waals surface area (Å²) in [5, 5.41) is 10.7. The second kappa shape index (κ2) is 21.0. The molecule has 2 rings (SSSR count). The Hall–Kier alpha value is -1.76. The second-order valence-corrected chi connectivity index (χ2v) is 12.9. The molecule has 0 unspecified atom stereocenters. The molecule has 0 saturated heterocycles. The highest BCUT2D eigenvalue weighted by molar-refractivity contribution is 5.50. The van der Waals surface area contributed by atoms with Gasteiger partial charge in [0.1, 0.15) is 5.75 Å². The number of phenols is 1. The zero-order chi connectivity index (χ0) is 28.9. The van der Waals surface area contributed by atoms with Crippen molar-refractivity contribution >= 4 is 0 Å². The smallest absolute Gasteiger partial charge is 0.119 e. The quantitative estimate of drug-likeness (QED) is 0.129. The van der Waals surface area contributed by atoms with Gasteiger partial charge in [-0.1, -0.05) is 180 Å². The van der Waals surface area contributed by atoms with Crippen LogP contribution in [0.4, 0.5) is 0 Å². The van der Waals surface area contributed by atoms with E-state index in [0.717, 1.165) is 12.0 Å². The monoisotopic (exact) mass is 548 g/mol. The Kier molecular flexibility index (Phi) is 18.1. The molecule has 0 heterocycles. The Morgan fingerprint density at radius 1 is 0.475 bits per heavy atom. The highest BCUT2D eigenvalue weighted by Gasteiger charge is 2.29. The minimum Gasteiger partial charge on any atom is -0.508 e. The summed E-state index contributed by atoms with van der Waals surface area (Å²) < 4.78 is 0. The normalized spacial score (nSPS) is 11.8. The number of hydrogen-bond acceptors (Lipinski definition) is 1. The van der Waals surface area contributed by atoms with Crippen LogP contribution in [0.15, 0.2) is 42.5 Å². The fourth-order valence-electron chi connectivity index (χ4n) is 6.49. The summed E-state index contributed by atoms with van der Waals surface area (Å²) in [5.41, 5.74) is 5.35. The summed E-state index contributed by atoms with van der Waals surface area (Å²) in [6.07, 6.45) is 30.0. The minimum atomic E-state index is -0.215. The second-order valence-electron chi connectivity index (χ2n) is 12.9. The van der Waals surface area contributed by atoms with Gasteiger partial charge in [0, 0.05) is 11.0 Å². The van der Waals surface area contributed by atoms with Crippen molar-refractivity contribution in [2.45, 2.75) is 174 Å². The highest BCUT2D eigenvalue weighted by Crippen LogP contribution is 2.39. The van der Waals surface area contributed by atoms with E-state index in [1.54, 1.807) is 11.1 Å². The maximum Gasteiger partial charge on any atom is 0.119 e. The van der Waals surface area contributed by atoms with Gasteiger partial charge in [0.25, 0.3) is 0 Å². The predicted octanol–water partition coefficient (Wildman–Crippen LogP) is 12.6. The predicted molar refractivity (Wildman–Crippen MR) is 178 cm³/mol. The third-order valence-corrected chi connectivity index (χ3v) is 9.10. The fourth-order valence-corrected chi connectivity index (χ4v) is 6.49. The van der Waals surface area contributed by atoms with E-state index in [1.165, 1.54) is 140 Å². The summed E-state index contributed by atoms with van der Waals surface area (Å²) in [7, 11) is 0. The van der Waals surface area contributed by atoms with Crippen LogP contribution in [0.1, 0.15) is 178 Å². The number of aromatic hydroxyl groups is 1. The SMILES string of the molecule is CCCCCCCCCCCCc1cccc(C(C)(C)c2ccccc2O)c1CCCCCCCCCCCC. The lowest BCUT2D eigenvalue weighted by Crippen LogP contribution is -2.22. The van der Waals surface area contributed by atoms with Gasteiger partial charge in [0.15, 0.2) is 0 Å². The van der Waals surface area contributed by atoms with Crippen LogP contribution in [-0.4, -0.2) is 5.11 Å². The van der Waals surface area contributed by atoms with E-state index < -0.39 is 0 Å². The molecule has 2 aromatic carbocycles. The Labute approximate surface area is 249 Å². The van der Waals surface area contributed by atoms with Crippen molar-refractivity contribution in [1.82, 2.24) is 0 Å². The molecule has 0 bridgehead atoms. The molecule has 0 spiro atoms. The molecule has 0 aliphatic rings. The fraction of sp³-hybridized carbons (Fsp3) is 0.692. The number of phenolic OH excluding ortho intramolecular Hbond substituents is 1. The minimum absolute atomic E-state index is 0.215. The molecule has 1 heteroatoms. The van der Waals surface area contributed by atoms with Crippen LogP contribution in [0.5, 0.6) is 5.75 Å². The first-order chi connectivity index (χ1) is 19.5. The van der Waals surface area contributed by atoms with E-state index in [2.05, 4.69) is 58.0 Å². The van der Waals surface area contributed by atoms with Crippen LogP contribution in [0.25, 0.3) is 0 Å². The Bertz CT molecular complexity index is 895. The molecule has 1 nitrogen and oxygen atoms in total. The van der Waals surface area contributed by atoms with Crippen LogP contribution in [-0.2, 0) is 18.3 Å². The Balaban J connectivity index is 1.95. The van der Waals surface area contributed by atoms with E-state index >= 15 is 0 Å². The van der Waals surface area contributed by atoms with Gasteiger partial charge < -0.3 is 5.11 Å².